The van der Waals surface area contributed by atoms with Gasteiger partial charge in [0.1, 0.15) is 5.75 Å². The van der Waals surface area contributed by atoms with E-state index >= 15 is 0 Å². The van der Waals surface area contributed by atoms with Crippen molar-refractivity contribution in [3.05, 3.63) is 64.2 Å². The summed E-state index contributed by atoms with van der Waals surface area (Å²) in [6.07, 6.45) is 0.243. The number of phenols is 1. The van der Waals surface area contributed by atoms with E-state index in [9.17, 15) is 10.2 Å². The van der Waals surface area contributed by atoms with Gasteiger partial charge in [-0.2, -0.15) is 0 Å². The van der Waals surface area contributed by atoms with Crippen LogP contribution in [0.25, 0.3) is 0 Å². The monoisotopic (exact) mass is 367 g/mol. The fourth-order valence-electron chi connectivity index (χ4n) is 3.87. The average Bonchev–Trinajstić information content (AvgIpc) is 2.87. The van der Waals surface area contributed by atoms with Crippen LogP contribution >= 0.6 is 0 Å². The lowest BCUT2D eigenvalue weighted by molar-refractivity contribution is 0.140. The minimum Gasteiger partial charge on any atom is -0.507 e. The van der Waals surface area contributed by atoms with Crippen LogP contribution in [-0.4, -0.2) is 16.3 Å². The van der Waals surface area contributed by atoms with Gasteiger partial charge in [0.25, 0.3) is 0 Å². The number of aliphatic hydroxyl groups is 1. The minimum atomic E-state index is -0.433. The first kappa shape index (κ1) is 19.9. The third-order valence-corrected chi connectivity index (χ3v) is 5.58. The van der Waals surface area contributed by atoms with E-state index in [1.54, 1.807) is 0 Å². The van der Waals surface area contributed by atoms with Crippen LogP contribution in [0.15, 0.2) is 36.4 Å². The normalized spacial score (nSPS) is 20.0. The molecule has 27 heavy (non-hydrogen) atoms. The SMILES string of the molecule is CC(C)(C)c1cc(CN[C@H]2c3ccccc3C[C@H]2O)c(O)c(C(C)(C)C)c1. The Kier molecular flexibility index (Phi) is 5.13. The molecule has 0 saturated heterocycles. The first-order valence-corrected chi connectivity index (χ1v) is 9.84. The molecule has 0 heterocycles. The molecular formula is C24H33NO2. The van der Waals surface area contributed by atoms with Crippen molar-refractivity contribution in [2.45, 2.75) is 77.5 Å². The van der Waals surface area contributed by atoms with E-state index < -0.39 is 6.10 Å². The van der Waals surface area contributed by atoms with Crippen molar-refractivity contribution < 1.29 is 10.2 Å². The summed E-state index contributed by atoms with van der Waals surface area (Å²) in [7, 11) is 0. The van der Waals surface area contributed by atoms with Gasteiger partial charge in [0, 0.05) is 18.5 Å². The summed E-state index contributed by atoms with van der Waals surface area (Å²) < 4.78 is 0. The van der Waals surface area contributed by atoms with E-state index in [0.717, 1.165) is 16.7 Å². The van der Waals surface area contributed by atoms with Gasteiger partial charge in [-0.3, -0.25) is 0 Å². The summed E-state index contributed by atoms with van der Waals surface area (Å²) in [6, 6.07) is 12.3. The Labute approximate surface area is 163 Å². The first-order chi connectivity index (χ1) is 12.5. The maximum absolute atomic E-state index is 10.9. The van der Waals surface area contributed by atoms with Crippen LogP contribution in [-0.2, 0) is 23.8 Å². The van der Waals surface area contributed by atoms with Crippen molar-refractivity contribution >= 4 is 0 Å². The summed E-state index contributed by atoms with van der Waals surface area (Å²) in [4.78, 5) is 0. The van der Waals surface area contributed by atoms with Crippen molar-refractivity contribution in [1.29, 1.82) is 0 Å². The number of aliphatic hydroxyl groups excluding tert-OH is 1. The topological polar surface area (TPSA) is 52.5 Å². The molecule has 0 fully saturated rings. The minimum absolute atomic E-state index is 0.00191. The van der Waals surface area contributed by atoms with E-state index in [4.69, 9.17) is 0 Å². The highest BCUT2D eigenvalue weighted by Crippen LogP contribution is 2.38. The molecule has 0 spiro atoms. The van der Waals surface area contributed by atoms with Gasteiger partial charge in [-0.1, -0.05) is 77.9 Å². The van der Waals surface area contributed by atoms with E-state index in [1.165, 1.54) is 11.1 Å². The molecule has 0 aromatic heterocycles. The van der Waals surface area contributed by atoms with Crippen LogP contribution in [0.1, 0.15) is 75.4 Å². The Bertz CT molecular complexity index is 827. The summed E-state index contributed by atoms with van der Waals surface area (Å²) in [5, 5.41) is 24.9. The zero-order valence-electron chi connectivity index (χ0n) is 17.4. The second kappa shape index (κ2) is 6.96. The molecule has 3 nitrogen and oxygen atoms in total. The van der Waals surface area contributed by atoms with Crippen molar-refractivity contribution in [3.8, 4) is 5.75 Å². The zero-order valence-corrected chi connectivity index (χ0v) is 17.4. The van der Waals surface area contributed by atoms with E-state index in [-0.39, 0.29) is 16.9 Å². The van der Waals surface area contributed by atoms with E-state index in [0.29, 0.717) is 18.7 Å². The average molecular weight is 368 g/mol. The number of aromatic hydroxyl groups is 1. The Balaban J connectivity index is 1.93. The fourth-order valence-corrected chi connectivity index (χ4v) is 3.87. The third-order valence-electron chi connectivity index (χ3n) is 5.58. The molecule has 2 atom stereocenters. The Morgan fingerprint density at radius 1 is 1.00 bits per heavy atom. The molecule has 0 saturated carbocycles. The lowest BCUT2D eigenvalue weighted by Crippen LogP contribution is -2.29. The molecule has 0 aliphatic heterocycles. The van der Waals surface area contributed by atoms with Crippen LogP contribution in [0.5, 0.6) is 5.75 Å². The zero-order chi connectivity index (χ0) is 20.0. The number of benzene rings is 2. The van der Waals surface area contributed by atoms with Gasteiger partial charge in [0.05, 0.1) is 12.1 Å². The highest BCUT2D eigenvalue weighted by atomic mass is 16.3. The van der Waals surface area contributed by atoms with Gasteiger partial charge in [0.2, 0.25) is 0 Å². The first-order valence-electron chi connectivity index (χ1n) is 9.84. The maximum Gasteiger partial charge on any atom is 0.123 e. The molecule has 3 heteroatoms. The van der Waals surface area contributed by atoms with Gasteiger partial charge in [-0.05, 0) is 33.1 Å². The molecule has 146 valence electrons. The Morgan fingerprint density at radius 3 is 2.30 bits per heavy atom. The molecule has 2 aromatic carbocycles. The summed E-state index contributed by atoms with van der Waals surface area (Å²) in [5.74, 6) is 0.365. The lowest BCUT2D eigenvalue weighted by atomic mass is 9.79. The molecule has 3 N–H and O–H groups in total. The largest absolute Gasteiger partial charge is 0.507 e. The van der Waals surface area contributed by atoms with Gasteiger partial charge >= 0.3 is 0 Å². The summed E-state index contributed by atoms with van der Waals surface area (Å²) in [5.41, 5.74) is 5.30. The van der Waals surface area contributed by atoms with Crippen molar-refractivity contribution in [1.82, 2.24) is 5.32 Å². The molecule has 0 radical (unpaired) electrons. The molecule has 3 rings (SSSR count). The molecule has 0 unspecified atom stereocenters. The Morgan fingerprint density at radius 2 is 1.67 bits per heavy atom. The molecule has 2 aromatic rings. The highest BCUT2D eigenvalue weighted by molar-refractivity contribution is 5.49. The van der Waals surface area contributed by atoms with Crippen LogP contribution in [0.2, 0.25) is 0 Å². The van der Waals surface area contributed by atoms with Crippen LogP contribution < -0.4 is 5.32 Å². The van der Waals surface area contributed by atoms with Crippen LogP contribution in [0, 0.1) is 0 Å². The Hall–Kier alpha value is -1.84. The number of nitrogens with one attached hydrogen (secondary N) is 1. The number of rotatable bonds is 3. The smallest absolute Gasteiger partial charge is 0.123 e. The number of phenolic OH excluding ortho intramolecular Hbond substituents is 1. The lowest BCUT2D eigenvalue weighted by Gasteiger charge is -2.28. The predicted octanol–water partition coefficient (Wildman–Crippen LogP) is 4.74. The number of fused-ring (bicyclic) bond motifs is 1. The summed E-state index contributed by atoms with van der Waals surface area (Å²) in [6.45, 7) is 13.5. The maximum atomic E-state index is 10.9. The van der Waals surface area contributed by atoms with Crippen LogP contribution in [0.4, 0.5) is 0 Å². The second-order valence-corrected chi connectivity index (χ2v) is 9.86. The number of hydrogen-bond acceptors (Lipinski definition) is 3. The second-order valence-electron chi connectivity index (χ2n) is 9.86. The van der Waals surface area contributed by atoms with Crippen molar-refractivity contribution in [2.75, 3.05) is 0 Å². The quantitative estimate of drug-likeness (QED) is 0.735. The standard InChI is InChI=1S/C24H33NO2/c1-23(2,3)17-11-16(22(27)19(13-17)24(4,5)6)14-25-21-18-10-8-7-9-15(18)12-20(21)26/h7-11,13,20-21,25-27H,12,14H2,1-6H3/t20-,21+/m1/s1. The van der Waals surface area contributed by atoms with Crippen LogP contribution in [0.3, 0.4) is 0 Å². The summed E-state index contributed by atoms with van der Waals surface area (Å²) >= 11 is 0. The van der Waals surface area contributed by atoms with Crippen molar-refractivity contribution in [2.24, 2.45) is 0 Å². The van der Waals surface area contributed by atoms with E-state index in [1.807, 2.05) is 12.1 Å². The third kappa shape index (κ3) is 4.04. The number of hydrogen-bond donors (Lipinski definition) is 3. The van der Waals surface area contributed by atoms with Gasteiger partial charge < -0.3 is 15.5 Å². The van der Waals surface area contributed by atoms with Gasteiger partial charge in [-0.25, -0.2) is 0 Å². The van der Waals surface area contributed by atoms with Gasteiger partial charge in [-0.15, -0.1) is 0 Å². The molecular weight excluding hydrogens is 334 g/mol. The predicted molar refractivity (Wildman–Crippen MR) is 111 cm³/mol. The molecule has 1 aliphatic carbocycles. The van der Waals surface area contributed by atoms with Crippen molar-refractivity contribution in [3.63, 3.8) is 0 Å². The molecule has 1 aliphatic rings. The molecule has 0 amide bonds. The highest BCUT2D eigenvalue weighted by Gasteiger charge is 2.31. The van der Waals surface area contributed by atoms with Gasteiger partial charge in [0.15, 0.2) is 0 Å². The molecule has 0 bridgehead atoms. The fraction of sp³-hybridized carbons (Fsp3) is 0.500. The van der Waals surface area contributed by atoms with E-state index in [2.05, 4.69) is 71.1 Å².